The van der Waals surface area contributed by atoms with Gasteiger partial charge in [0, 0.05) is 25.2 Å². The molecule has 1 aromatic heterocycles. The minimum atomic E-state index is -0.356. The number of nitrogens with one attached hydrogen (secondary N) is 2. The number of piperazine rings is 1. The largest absolute Gasteiger partial charge is 0.341 e. The van der Waals surface area contributed by atoms with Gasteiger partial charge in [-0.3, -0.25) is 4.79 Å². The highest BCUT2D eigenvalue weighted by Crippen LogP contribution is 2.15. The summed E-state index contributed by atoms with van der Waals surface area (Å²) in [6, 6.07) is 9.85. The molecule has 2 N–H and O–H groups in total. The summed E-state index contributed by atoms with van der Waals surface area (Å²) in [7, 11) is 0. The molecule has 8 nitrogen and oxygen atoms in total. The summed E-state index contributed by atoms with van der Waals surface area (Å²) in [6.45, 7) is 7.61. The van der Waals surface area contributed by atoms with Crippen molar-refractivity contribution in [1.82, 2.24) is 30.4 Å². The number of amides is 1. The molecular weight excluding hydrogens is 318 g/mol. The molecule has 25 heavy (non-hydrogen) atoms. The van der Waals surface area contributed by atoms with Crippen molar-refractivity contribution < 1.29 is 4.79 Å². The third kappa shape index (κ3) is 3.96. The summed E-state index contributed by atoms with van der Waals surface area (Å²) < 4.78 is 1.61. The van der Waals surface area contributed by atoms with Crippen LogP contribution >= 0.6 is 0 Å². The Balaban J connectivity index is 1.75. The number of carbonyl (C=O) groups is 1. The Hall–Kier alpha value is -2.48. The van der Waals surface area contributed by atoms with Crippen LogP contribution < -0.4 is 10.6 Å². The van der Waals surface area contributed by atoms with Gasteiger partial charge in [-0.25, -0.2) is 0 Å². The zero-order valence-corrected chi connectivity index (χ0v) is 14.9. The lowest BCUT2D eigenvalue weighted by atomic mass is 10.1. The average Bonchev–Trinajstić information content (AvgIpc) is 3.07. The first-order valence-electron chi connectivity index (χ1n) is 8.73. The topological polar surface area (TPSA) is 88.0 Å². The number of carbonyl (C=O) groups excluding carboxylic acids is 1. The van der Waals surface area contributed by atoms with Crippen molar-refractivity contribution in [2.45, 2.75) is 45.3 Å². The van der Waals surface area contributed by atoms with E-state index < -0.39 is 0 Å². The highest BCUT2D eigenvalue weighted by Gasteiger charge is 2.30. The molecule has 1 aliphatic rings. The number of tetrazole rings is 1. The lowest BCUT2D eigenvalue weighted by Crippen LogP contribution is -2.58. The first kappa shape index (κ1) is 17.3. The molecule has 1 amide bonds. The molecule has 1 aromatic carbocycles. The third-order valence-electron chi connectivity index (χ3n) is 4.35. The molecule has 1 aliphatic heterocycles. The number of rotatable bonds is 5. The molecule has 0 saturated carbocycles. The van der Waals surface area contributed by atoms with Crippen LogP contribution in [0.2, 0.25) is 0 Å². The maximum atomic E-state index is 13.0. The van der Waals surface area contributed by atoms with Crippen molar-refractivity contribution in [3.63, 3.8) is 0 Å². The van der Waals surface area contributed by atoms with Crippen molar-refractivity contribution >= 4 is 11.9 Å². The fourth-order valence-electron chi connectivity index (χ4n) is 3.24. The second kappa shape index (κ2) is 7.60. The maximum Gasteiger partial charge on any atom is 0.248 e. The molecule has 8 heteroatoms. The van der Waals surface area contributed by atoms with E-state index in [1.54, 1.807) is 4.68 Å². The summed E-state index contributed by atoms with van der Waals surface area (Å²) >= 11 is 0. The second-order valence-corrected chi connectivity index (χ2v) is 6.57. The highest BCUT2D eigenvalue weighted by molar-refractivity contribution is 5.84. The van der Waals surface area contributed by atoms with Crippen molar-refractivity contribution in [1.29, 1.82) is 0 Å². The number of aromatic nitrogens is 4. The van der Waals surface area contributed by atoms with E-state index in [1.165, 1.54) is 0 Å². The van der Waals surface area contributed by atoms with E-state index in [-0.39, 0.29) is 11.9 Å². The standard InChI is InChI=1S/C17H25N7O/c1-4-15(16(25)23-10-12(2)18-13(3)11-23)19-17-20-21-22-24(17)14-8-6-5-7-9-14/h5-9,12-13,15,18H,4,10-11H2,1-3H3,(H,19,20,22)/t12-,13-,15-/m0/s1. The fourth-order valence-corrected chi connectivity index (χ4v) is 3.24. The Labute approximate surface area is 147 Å². The Morgan fingerprint density at radius 3 is 2.60 bits per heavy atom. The molecule has 1 fully saturated rings. The van der Waals surface area contributed by atoms with E-state index in [2.05, 4.69) is 40.0 Å². The summed E-state index contributed by atoms with van der Waals surface area (Å²) in [6.07, 6.45) is 0.660. The highest BCUT2D eigenvalue weighted by atomic mass is 16.2. The number of hydrogen-bond donors (Lipinski definition) is 2. The van der Waals surface area contributed by atoms with Gasteiger partial charge in [0.05, 0.1) is 5.69 Å². The smallest absolute Gasteiger partial charge is 0.248 e. The molecule has 0 aliphatic carbocycles. The van der Waals surface area contributed by atoms with Gasteiger partial charge in [0.1, 0.15) is 6.04 Å². The minimum absolute atomic E-state index is 0.0883. The summed E-state index contributed by atoms with van der Waals surface area (Å²) in [5.74, 6) is 0.563. The second-order valence-electron chi connectivity index (χ2n) is 6.57. The quantitative estimate of drug-likeness (QED) is 0.844. The van der Waals surface area contributed by atoms with Crippen molar-refractivity contribution in [2.24, 2.45) is 0 Å². The van der Waals surface area contributed by atoms with Crippen LogP contribution in [0.4, 0.5) is 5.95 Å². The van der Waals surface area contributed by atoms with Crippen LogP contribution in [0.5, 0.6) is 0 Å². The van der Waals surface area contributed by atoms with Crippen LogP contribution in [-0.2, 0) is 4.79 Å². The first-order chi connectivity index (χ1) is 12.1. The lowest BCUT2D eigenvalue weighted by Gasteiger charge is -2.37. The number of hydrogen-bond acceptors (Lipinski definition) is 6. The number of anilines is 1. The van der Waals surface area contributed by atoms with E-state index >= 15 is 0 Å². The van der Waals surface area contributed by atoms with Gasteiger partial charge in [-0.05, 0) is 42.8 Å². The Bertz CT molecular complexity index is 692. The molecule has 3 rings (SSSR count). The van der Waals surface area contributed by atoms with Gasteiger partial charge in [0.2, 0.25) is 11.9 Å². The van der Waals surface area contributed by atoms with Gasteiger partial charge in [-0.2, -0.15) is 4.68 Å². The molecule has 0 radical (unpaired) electrons. The van der Waals surface area contributed by atoms with Crippen LogP contribution in [0.25, 0.3) is 5.69 Å². The van der Waals surface area contributed by atoms with Gasteiger partial charge in [0.15, 0.2) is 0 Å². The maximum absolute atomic E-state index is 13.0. The molecule has 2 heterocycles. The van der Waals surface area contributed by atoms with Crippen LogP contribution in [-0.4, -0.2) is 62.2 Å². The van der Waals surface area contributed by atoms with Crippen LogP contribution in [0.3, 0.4) is 0 Å². The molecule has 0 spiro atoms. The van der Waals surface area contributed by atoms with Crippen LogP contribution in [0.1, 0.15) is 27.2 Å². The van der Waals surface area contributed by atoms with Crippen molar-refractivity contribution in [3.05, 3.63) is 30.3 Å². The van der Waals surface area contributed by atoms with E-state index in [9.17, 15) is 4.79 Å². The molecule has 3 atom stereocenters. The number of para-hydroxylation sites is 1. The monoisotopic (exact) mass is 343 g/mol. The molecule has 0 unspecified atom stereocenters. The fraction of sp³-hybridized carbons (Fsp3) is 0.529. The summed E-state index contributed by atoms with van der Waals surface area (Å²) in [5, 5.41) is 18.5. The zero-order chi connectivity index (χ0) is 17.8. The predicted octanol–water partition coefficient (Wildman–Crippen LogP) is 1.06. The Morgan fingerprint density at radius 1 is 1.28 bits per heavy atom. The van der Waals surface area contributed by atoms with E-state index in [0.29, 0.717) is 37.5 Å². The third-order valence-corrected chi connectivity index (χ3v) is 4.35. The van der Waals surface area contributed by atoms with E-state index in [0.717, 1.165) is 5.69 Å². The summed E-state index contributed by atoms with van der Waals surface area (Å²) in [5.41, 5.74) is 0.849. The SMILES string of the molecule is CC[C@H](Nc1nnnn1-c1ccccc1)C(=O)N1C[C@H](C)N[C@@H](C)C1. The molecule has 134 valence electrons. The van der Waals surface area contributed by atoms with Crippen LogP contribution in [0, 0.1) is 0 Å². The predicted molar refractivity (Wildman–Crippen MR) is 95.5 cm³/mol. The average molecular weight is 343 g/mol. The van der Waals surface area contributed by atoms with Crippen molar-refractivity contribution in [3.8, 4) is 5.69 Å². The Kier molecular flexibility index (Phi) is 5.28. The molecule has 0 bridgehead atoms. The first-order valence-corrected chi connectivity index (χ1v) is 8.73. The lowest BCUT2D eigenvalue weighted by molar-refractivity contribution is -0.133. The van der Waals surface area contributed by atoms with E-state index in [4.69, 9.17) is 0 Å². The van der Waals surface area contributed by atoms with Gasteiger partial charge in [0.25, 0.3) is 0 Å². The van der Waals surface area contributed by atoms with Crippen molar-refractivity contribution in [2.75, 3.05) is 18.4 Å². The zero-order valence-electron chi connectivity index (χ0n) is 14.9. The van der Waals surface area contributed by atoms with Gasteiger partial charge >= 0.3 is 0 Å². The minimum Gasteiger partial charge on any atom is -0.341 e. The van der Waals surface area contributed by atoms with Gasteiger partial charge in [-0.15, -0.1) is 0 Å². The number of benzene rings is 1. The molecule has 1 saturated heterocycles. The summed E-state index contributed by atoms with van der Waals surface area (Å²) in [4.78, 5) is 14.9. The number of nitrogens with zero attached hydrogens (tertiary/aromatic N) is 5. The Morgan fingerprint density at radius 2 is 1.96 bits per heavy atom. The van der Waals surface area contributed by atoms with Crippen LogP contribution in [0.15, 0.2) is 30.3 Å². The van der Waals surface area contributed by atoms with E-state index in [1.807, 2.05) is 42.2 Å². The van der Waals surface area contributed by atoms with Gasteiger partial charge in [-0.1, -0.05) is 30.2 Å². The molecule has 2 aromatic rings. The van der Waals surface area contributed by atoms with Gasteiger partial charge < -0.3 is 15.5 Å². The molecular formula is C17H25N7O. The normalized spacial score (nSPS) is 21.8.